The Hall–Kier alpha value is -0.520. The van der Waals surface area contributed by atoms with E-state index in [-0.39, 0.29) is 0 Å². The van der Waals surface area contributed by atoms with Crippen LogP contribution in [0, 0.1) is 5.92 Å². The molecule has 0 rings (SSSR count). The highest BCUT2D eigenvalue weighted by molar-refractivity contribution is 5.15. The highest BCUT2D eigenvalue weighted by Crippen LogP contribution is 2.12. The van der Waals surface area contributed by atoms with Crippen LogP contribution in [0.5, 0.6) is 0 Å². The second kappa shape index (κ2) is 6.21. The zero-order valence-corrected chi connectivity index (χ0v) is 8.06. The van der Waals surface area contributed by atoms with Gasteiger partial charge in [0.25, 0.3) is 0 Å². The van der Waals surface area contributed by atoms with Crippen LogP contribution in [0.4, 0.5) is 0 Å². The van der Waals surface area contributed by atoms with E-state index < -0.39 is 0 Å². The van der Waals surface area contributed by atoms with Crippen LogP contribution in [0.15, 0.2) is 24.3 Å². The van der Waals surface area contributed by atoms with E-state index in [9.17, 15) is 0 Å². The van der Waals surface area contributed by atoms with Crippen LogP contribution >= 0.6 is 0 Å². The minimum Gasteiger partial charge on any atom is -0.0988 e. The van der Waals surface area contributed by atoms with Gasteiger partial charge in [-0.25, -0.2) is 0 Å². The van der Waals surface area contributed by atoms with E-state index in [0.29, 0.717) is 0 Å². The minimum absolute atomic E-state index is 0.801. The van der Waals surface area contributed by atoms with Gasteiger partial charge in [-0.15, -0.1) is 0 Å². The van der Waals surface area contributed by atoms with Crippen molar-refractivity contribution >= 4 is 0 Å². The summed E-state index contributed by atoms with van der Waals surface area (Å²) in [5.41, 5.74) is 1.40. The van der Waals surface area contributed by atoms with E-state index in [2.05, 4.69) is 33.4 Å². The maximum atomic E-state index is 3.79. The molecule has 0 aromatic heterocycles. The number of rotatable bonds is 5. The van der Waals surface area contributed by atoms with Crippen molar-refractivity contribution in [2.75, 3.05) is 0 Å². The molecule has 0 bridgehead atoms. The molecule has 0 N–H and O–H groups in total. The molecule has 0 saturated carbocycles. The van der Waals surface area contributed by atoms with E-state index >= 15 is 0 Å². The van der Waals surface area contributed by atoms with Gasteiger partial charge in [0, 0.05) is 0 Å². The summed E-state index contributed by atoms with van der Waals surface area (Å²) in [5.74, 6) is 0.801. The fourth-order valence-corrected chi connectivity index (χ4v) is 1.00. The SMILES string of the molecule is C=C/C(=C\CC)CCC(C)C. The van der Waals surface area contributed by atoms with Gasteiger partial charge >= 0.3 is 0 Å². The van der Waals surface area contributed by atoms with Crippen LogP contribution in [-0.4, -0.2) is 0 Å². The van der Waals surface area contributed by atoms with Crippen molar-refractivity contribution in [2.45, 2.75) is 40.0 Å². The Morgan fingerprint density at radius 3 is 2.45 bits per heavy atom. The van der Waals surface area contributed by atoms with Gasteiger partial charge in [0.1, 0.15) is 0 Å². The molecule has 0 nitrogen and oxygen atoms in total. The molecular weight excluding hydrogens is 132 g/mol. The van der Waals surface area contributed by atoms with Gasteiger partial charge in [0.05, 0.1) is 0 Å². The second-order valence-corrected chi connectivity index (χ2v) is 3.32. The summed E-state index contributed by atoms with van der Waals surface area (Å²) in [6, 6.07) is 0. The third-order valence-corrected chi connectivity index (χ3v) is 1.74. The molecule has 0 saturated heterocycles. The van der Waals surface area contributed by atoms with Crippen molar-refractivity contribution in [3.8, 4) is 0 Å². The monoisotopic (exact) mass is 152 g/mol. The summed E-state index contributed by atoms with van der Waals surface area (Å²) in [5, 5.41) is 0. The van der Waals surface area contributed by atoms with E-state index in [1.165, 1.54) is 18.4 Å². The highest BCUT2D eigenvalue weighted by atomic mass is 14.0. The molecule has 0 atom stereocenters. The van der Waals surface area contributed by atoms with Gasteiger partial charge in [-0.2, -0.15) is 0 Å². The lowest BCUT2D eigenvalue weighted by atomic mass is 10.0. The van der Waals surface area contributed by atoms with Crippen molar-refractivity contribution in [1.82, 2.24) is 0 Å². The van der Waals surface area contributed by atoms with Crippen molar-refractivity contribution in [3.05, 3.63) is 24.3 Å². The molecule has 0 amide bonds. The van der Waals surface area contributed by atoms with Gasteiger partial charge in [0.2, 0.25) is 0 Å². The van der Waals surface area contributed by atoms with Gasteiger partial charge in [0.15, 0.2) is 0 Å². The molecule has 64 valence electrons. The molecule has 0 fully saturated rings. The normalized spacial score (nSPS) is 12.2. The number of hydrogen-bond donors (Lipinski definition) is 0. The Morgan fingerprint density at radius 2 is 2.09 bits per heavy atom. The van der Waals surface area contributed by atoms with Gasteiger partial charge in [-0.1, -0.05) is 45.1 Å². The highest BCUT2D eigenvalue weighted by Gasteiger charge is 1.95. The van der Waals surface area contributed by atoms with Crippen molar-refractivity contribution < 1.29 is 0 Å². The standard InChI is InChI=1S/C11H20/c1-5-7-11(6-2)9-8-10(3)4/h6-7,10H,2,5,8-9H2,1,3-4H3/b11-7+. The molecule has 11 heavy (non-hydrogen) atoms. The summed E-state index contributed by atoms with van der Waals surface area (Å²) < 4.78 is 0. The molecule has 0 aliphatic rings. The maximum absolute atomic E-state index is 3.79. The molecule has 0 aromatic rings. The summed E-state index contributed by atoms with van der Waals surface area (Å²) in [6.07, 6.45) is 7.83. The van der Waals surface area contributed by atoms with Crippen LogP contribution < -0.4 is 0 Å². The third-order valence-electron chi connectivity index (χ3n) is 1.74. The summed E-state index contributed by atoms with van der Waals surface area (Å²) in [6.45, 7) is 10.5. The molecule has 0 aliphatic carbocycles. The first-order chi connectivity index (χ1) is 5.20. The van der Waals surface area contributed by atoms with E-state index in [1.54, 1.807) is 0 Å². The molecule has 0 heteroatoms. The summed E-state index contributed by atoms with van der Waals surface area (Å²) in [7, 11) is 0. The van der Waals surface area contributed by atoms with Gasteiger partial charge in [-0.05, 0) is 25.2 Å². The second-order valence-electron chi connectivity index (χ2n) is 3.32. The molecule has 0 aromatic carbocycles. The first-order valence-corrected chi connectivity index (χ1v) is 4.52. The van der Waals surface area contributed by atoms with Crippen LogP contribution in [0.3, 0.4) is 0 Å². The Kier molecular flexibility index (Phi) is 5.91. The fraction of sp³-hybridized carbons (Fsp3) is 0.636. The Balaban J connectivity index is 3.70. The van der Waals surface area contributed by atoms with E-state index in [4.69, 9.17) is 0 Å². The lowest BCUT2D eigenvalue weighted by Crippen LogP contribution is -1.88. The summed E-state index contributed by atoms with van der Waals surface area (Å²) >= 11 is 0. The first kappa shape index (κ1) is 10.5. The molecule has 0 aliphatic heterocycles. The van der Waals surface area contributed by atoms with Gasteiger partial charge < -0.3 is 0 Å². The van der Waals surface area contributed by atoms with Crippen LogP contribution in [-0.2, 0) is 0 Å². The molecule has 0 spiro atoms. The largest absolute Gasteiger partial charge is 0.0988 e. The minimum atomic E-state index is 0.801. The zero-order valence-electron chi connectivity index (χ0n) is 8.06. The number of allylic oxidation sites excluding steroid dienone is 3. The van der Waals surface area contributed by atoms with Crippen molar-refractivity contribution in [2.24, 2.45) is 5.92 Å². The lowest BCUT2D eigenvalue weighted by Gasteiger charge is -2.04. The quantitative estimate of drug-likeness (QED) is 0.523. The Morgan fingerprint density at radius 1 is 1.45 bits per heavy atom. The maximum Gasteiger partial charge on any atom is -0.0280 e. The van der Waals surface area contributed by atoms with Crippen LogP contribution in [0.25, 0.3) is 0 Å². The molecule has 0 radical (unpaired) electrons. The van der Waals surface area contributed by atoms with Crippen molar-refractivity contribution in [1.29, 1.82) is 0 Å². The average molecular weight is 152 g/mol. The third kappa shape index (κ3) is 5.90. The first-order valence-electron chi connectivity index (χ1n) is 4.52. The predicted molar refractivity (Wildman–Crippen MR) is 52.6 cm³/mol. The van der Waals surface area contributed by atoms with Crippen LogP contribution in [0.2, 0.25) is 0 Å². The average Bonchev–Trinajstić information content (AvgIpc) is 1.97. The Bertz CT molecular complexity index is 129. The summed E-state index contributed by atoms with van der Waals surface area (Å²) in [4.78, 5) is 0. The zero-order chi connectivity index (χ0) is 8.69. The molecule has 0 unspecified atom stereocenters. The molecule has 0 heterocycles. The van der Waals surface area contributed by atoms with E-state index in [1.807, 2.05) is 6.08 Å². The smallest absolute Gasteiger partial charge is 0.0280 e. The fourth-order valence-electron chi connectivity index (χ4n) is 1.00. The number of hydrogen-bond acceptors (Lipinski definition) is 0. The van der Waals surface area contributed by atoms with Crippen molar-refractivity contribution in [3.63, 3.8) is 0 Å². The topological polar surface area (TPSA) is 0 Å². The van der Waals surface area contributed by atoms with Crippen LogP contribution in [0.1, 0.15) is 40.0 Å². The predicted octanol–water partition coefficient (Wildman–Crippen LogP) is 3.95. The Labute approximate surface area is 71.0 Å². The van der Waals surface area contributed by atoms with Gasteiger partial charge in [-0.3, -0.25) is 0 Å². The lowest BCUT2D eigenvalue weighted by molar-refractivity contribution is 0.587. The van der Waals surface area contributed by atoms with E-state index in [0.717, 1.165) is 12.3 Å². The molecular formula is C11H20.